The average Bonchev–Trinajstić information content (AvgIpc) is 2.95. The van der Waals surface area contributed by atoms with Crippen LogP contribution >= 0.6 is 0 Å². The van der Waals surface area contributed by atoms with Gasteiger partial charge in [0.05, 0.1) is 22.5 Å². The molecule has 0 radical (unpaired) electrons. The summed E-state index contributed by atoms with van der Waals surface area (Å²) in [6.45, 7) is 7.38. The van der Waals surface area contributed by atoms with Gasteiger partial charge in [0.1, 0.15) is 0 Å². The molecule has 6 nitrogen and oxygen atoms in total. The van der Waals surface area contributed by atoms with Crippen molar-refractivity contribution in [1.29, 1.82) is 0 Å². The third-order valence-corrected chi connectivity index (χ3v) is 8.98. The second kappa shape index (κ2) is 13.4. The molecule has 42 heavy (non-hydrogen) atoms. The average molecular weight is 602 g/mol. The Morgan fingerprint density at radius 2 is 1.69 bits per heavy atom. The molecule has 0 aromatic heterocycles. The van der Waals surface area contributed by atoms with Crippen LogP contribution in [0.4, 0.5) is 13.2 Å². The molecule has 0 saturated heterocycles. The number of benzene rings is 3. The van der Waals surface area contributed by atoms with Gasteiger partial charge < -0.3 is 10.6 Å². The number of sulfonamides is 1. The van der Waals surface area contributed by atoms with Crippen LogP contribution in [0.3, 0.4) is 0 Å². The first-order valence-corrected chi connectivity index (χ1v) is 15.7. The molecule has 0 bridgehead atoms. The number of hydrogen-bond donors (Lipinski definition) is 3. The Hall–Kier alpha value is -3.21. The summed E-state index contributed by atoms with van der Waals surface area (Å²) in [5.41, 5.74) is 2.89. The molecule has 3 N–H and O–H groups in total. The minimum absolute atomic E-state index is 0.198. The van der Waals surface area contributed by atoms with Crippen molar-refractivity contribution in [3.05, 3.63) is 101 Å². The van der Waals surface area contributed by atoms with Gasteiger partial charge in [0.25, 0.3) is 0 Å². The molecule has 10 heteroatoms. The number of hydrogen-bond acceptors (Lipinski definition) is 4. The summed E-state index contributed by atoms with van der Waals surface area (Å²) in [7, 11) is -4.38. The summed E-state index contributed by atoms with van der Waals surface area (Å²) in [5.74, 6) is 0.184. The Kier molecular flexibility index (Phi) is 10.1. The molecule has 3 atom stereocenters. The van der Waals surface area contributed by atoms with Crippen molar-refractivity contribution in [2.24, 2.45) is 5.92 Å². The lowest BCUT2D eigenvalue weighted by molar-refractivity contribution is -0.137. The number of carbonyl (C=O) groups is 1. The van der Waals surface area contributed by atoms with Gasteiger partial charge in [0.15, 0.2) is 0 Å². The van der Waals surface area contributed by atoms with Crippen molar-refractivity contribution in [3.8, 4) is 0 Å². The number of amides is 1. The van der Waals surface area contributed by atoms with Gasteiger partial charge in [-0.25, -0.2) is 13.1 Å². The number of aryl methyl sites for hydroxylation is 1. The molecule has 1 aliphatic carbocycles. The molecule has 0 spiro atoms. The predicted octanol–water partition coefficient (Wildman–Crippen LogP) is 6.62. The van der Waals surface area contributed by atoms with Crippen LogP contribution in [-0.4, -0.2) is 20.9 Å². The van der Waals surface area contributed by atoms with E-state index < -0.39 is 32.7 Å². The molecule has 1 amide bonds. The van der Waals surface area contributed by atoms with Crippen molar-refractivity contribution < 1.29 is 26.4 Å². The van der Waals surface area contributed by atoms with E-state index in [9.17, 15) is 26.4 Å². The fourth-order valence-electron chi connectivity index (χ4n) is 5.23. The zero-order valence-corrected chi connectivity index (χ0v) is 24.9. The second-order valence-electron chi connectivity index (χ2n) is 11.3. The summed E-state index contributed by atoms with van der Waals surface area (Å²) in [5, 5.41) is 6.63. The van der Waals surface area contributed by atoms with Crippen LogP contribution in [0.5, 0.6) is 0 Å². The highest BCUT2D eigenvalue weighted by atomic mass is 32.2. The van der Waals surface area contributed by atoms with E-state index in [0.29, 0.717) is 17.5 Å². The Morgan fingerprint density at radius 3 is 2.38 bits per heavy atom. The number of halogens is 3. The Labute approximate surface area is 246 Å². The molecule has 4 rings (SSSR count). The van der Waals surface area contributed by atoms with E-state index in [1.165, 1.54) is 11.1 Å². The zero-order valence-electron chi connectivity index (χ0n) is 24.0. The quantitative estimate of drug-likeness (QED) is 0.231. The first kappa shape index (κ1) is 31.7. The van der Waals surface area contributed by atoms with Crippen molar-refractivity contribution in [1.82, 2.24) is 15.4 Å². The van der Waals surface area contributed by atoms with Gasteiger partial charge in [-0.1, -0.05) is 68.4 Å². The van der Waals surface area contributed by atoms with E-state index >= 15 is 0 Å². The van der Waals surface area contributed by atoms with Crippen molar-refractivity contribution in [3.63, 3.8) is 0 Å². The van der Waals surface area contributed by atoms with Crippen LogP contribution in [0.25, 0.3) is 0 Å². The van der Waals surface area contributed by atoms with Gasteiger partial charge in [0.2, 0.25) is 15.9 Å². The van der Waals surface area contributed by atoms with Crippen molar-refractivity contribution in [2.75, 3.05) is 6.54 Å². The molecule has 226 valence electrons. The zero-order chi connectivity index (χ0) is 30.5. The molecular formula is C32H38F3N3O3S. The molecule has 1 unspecified atom stereocenters. The number of nitrogens with one attached hydrogen (secondary N) is 3. The molecule has 0 fully saturated rings. The van der Waals surface area contributed by atoms with E-state index in [4.69, 9.17) is 0 Å². The van der Waals surface area contributed by atoms with Crippen LogP contribution in [-0.2, 0) is 27.4 Å². The first-order chi connectivity index (χ1) is 19.8. The van der Waals surface area contributed by atoms with Gasteiger partial charge in [-0.3, -0.25) is 4.79 Å². The number of rotatable bonds is 11. The molecule has 0 aliphatic heterocycles. The highest BCUT2D eigenvalue weighted by molar-refractivity contribution is 7.89. The monoisotopic (exact) mass is 601 g/mol. The van der Waals surface area contributed by atoms with E-state index in [1.807, 2.05) is 0 Å². The minimum atomic E-state index is -4.69. The van der Waals surface area contributed by atoms with E-state index in [-0.39, 0.29) is 24.4 Å². The lowest BCUT2D eigenvalue weighted by Crippen LogP contribution is -2.36. The maximum Gasteiger partial charge on any atom is 0.416 e. The fourth-order valence-corrected chi connectivity index (χ4v) is 6.50. The van der Waals surface area contributed by atoms with Crippen LogP contribution in [0.1, 0.15) is 86.0 Å². The van der Waals surface area contributed by atoms with Crippen molar-refractivity contribution >= 4 is 15.9 Å². The van der Waals surface area contributed by atoms with Gasteiger partial charge >= 0.3 is 6.18 Å². The molecule has 0 saturated carbocycles. The largest absolute Gasteiger partial charge is 0.416 e. The van der Waals surface area contributed by atoms with Crippen molar-refractivity contribution in [2.45, 2.75) is 75.7 Å². The van der Waals surface area contributed by atoms with Crippen LogP contribution in [0.15, 0.2) is 77.7 Å². The Morgan fingerprint density at radius 1 is 0.952 bits per heavy atom. The number of fused-ring (bicyclic) bond motifs is 1. The maximum atomic E-state index is 13.3. The standard InChI is InChI=1S/C32H38F3N3O3S/c1-21(2)20-36-22(3)24-15-16-28-25(17-24)11-7-14-29(28)37-31(39)19-30(23-9-5-4-6-10-23)38-42(40,41)27-13-8-12-26(18-27)32(33,34)35/h4-6,8-10,12-13,15-18,21-22,29-30,36,38H,7,11,14,19-20H2,1-3H3,(H,37,39)/t22-,29?,30-/m1/s1. The minimum Gasteiger partial charge on any atom is -0.349 e. The summed E-state index contributed by atoms with van der Waals surface area (Å²) in [4.78, 5) is 12.8. The van der Waals surface area contributed by atoms with E-state index in [0.717, 1.165) is 49.6 Å². The van der Waals surface area contributed by atoms with Crippen LogP contribution in [0, 0.1) is 5.92 Å². The maximum absolute atomic E-state index is 13.3. The molecule has 0 heterocycles. The normalized spacial score (nSPS) is 17.0. The number of carbonyl (C=O) groups excluding carboxylic acids is 1. The lowest BCUT2D eigenvalue weighted by Gasteiger charge is -2.29. The summed E-state index contributed by atoms with van der Waals surface area (Å²) >= 11 is 0. The topological polar surface area (TPSA) is 87.3 Å². The van der Waals surface area contributed by atoms with Gasteiger partial charge in [-0.05, 0) is 79.1 Å². The van der Waals surface area contributed by atoms with Crippen LogP contribution in [0.2, 0.25) is 0 Å². The van der Waals surface area contributed by atoms with Gasteiger partial charge in [-0.15, -0.1) is 0 Å². The van der Waals surface area contributed by atoms with Gasteiger partial charge in [-0.2, -0.15) is 13.2 Å². The highest BCUT2D eigenvalue weighted by Crippen LogP contribution is 2.33. The Balaban J connectivity index is 1.51. The molecular weight excluding hydrogens is 563 g/mol. The summed E-state index contributed by atoms with van der Waals surface area (Å²) in [6.07, 6.45) is -2.34. The number of alkyl halides is 3. The van der Waals surface area contributed by atoms with E-state index in [2.05, 4.69) is 54.3 Å². The predicted molar refractivity (Wildman–Crippen MR) is 157 cm³/mol. The third-order valence-electron chi connectivity index (χ3n) is 7.51. The third kappa shape index (κ3) is 8.20. The summed E-state index contributed by atoms with van der Waals surface area (Å²) < 4.78 is 68.6. The molecule has 3 aromatic carbocycles. The highest BCUT2D eigenvalue weighted by Gasteiger charge is 2.33. The fraction of sp³-hybridized carbons (Fsp3) is 0.406. The van der Waals surface area contributed by atoms with Crippen LogP contribution < -0.4 is 15.4 Å². The SMILES string of the molecule is CC(C)CN[C@H](C)c1ccc2c(c1)CCCC2NC(=O)C[C@@H](NS(=O)(=O)c1cccc(C(F)(F)F)c1)c1ccccc1. The second-order valence-corrected chi connectivity index (χ2v) is 13.0. The van der Waals surface area contributed by atoms with E-state index in [1.54, 1.807) is 30.3 Å². The summed E-state index contributed by atoms with van der Waals surface area (Å²) in [6, 6.07) is 17.4. The lowest BCUT2D eigenvalue weighted by atomic mass is 9.85. The Bertz CT molecular complexity index is 1480. The molecule has 3 aromatic rings. The first-order valence-electron chi connectivity index (χ1n) is 14.2. The smallest absolute Gasteiger partial charge is 0.349 e. The van der Waals surface area contributed by atoms with Gasteiger partial charge in [0, 0.05) is 12.5 Å². The molecule has 1 aliphatic rings.